The Hall–Kier alpha value is -2.14. The van der Waals surface area contributed by atoms with Gasteiger partial charge in [-0.25, -0.2) is 0 Å². The summed E-state index contributed by atoms with van der Waals surface area (Å²) in [7, 11) is 0. The van der Waals surface area contributed by atoms with E-state index in [-0.39, 0.29) is 0 Å². The minimum Gasteiger partial charge on any atom is -0.384 e. The third kappa shape index (κ3) is 2.66. The van der Waals surface area contributed by atoms with Crippen molar-refractivity contribution in [1.82, 2.24) is 15.1 Å². The lowest BCUT2D eigenvalue weighted by atomic mass is 10.2. The van der Waals surface area contributed by atoms with Gasteiger partial charge in [-0.2, -0.15) is 4.98 Å². The molecular formula is C13H11ClN4O. The van der Waals surface area contributed by atoms with Crippen LogP contribution >= 0.6 is 11.6 Å². The minimum atomic E-state index is 0.619. The van der Waals surface area contributed by atoms with E-state index in [1.54, 1.807) is 6.20 Å². The average molecular weight is 275 g/mol. The van der Waals surface area contributed by atoms with Gasteiger partial charge in [0, 0.05) is 35.3 Å². The molecule has 1 aromatic carbocycles. The number of benzene rings is 1. The number of hydrogen-bond donors (Lipinski definition) is 1. The maximum Gasteiger partial charge on any atom is 0.228 e. The highest BCUT2D eigenvalue weighted by molar-refractivity contribution is 6.31. The molecular weight excluding hydrogens is 264 g/mol. The van der Waals surface area contributed by atoms with Gasteiger partial charge in [0.1, 0.15) is 0 Å². The zero-order valence-corrected chi connectivity index (χ0v) is 10.8. The van der Waals surface area contributed by atoms with E-state index in [0.29, 0.717) is 23.9 Å². The minimum absolute atomic E-state index is 0.619. The molecule has 0 saturated carbocycles. The summed E-state index contributed by atoms with van der Waals surface area (Å²) in [6.45, 7) is 0.712. The molecule has 0 fully saturated rings. The van der Waals surface area contributed by atoms with Crippen LogP contribution in [0.15, 0.2) is 41.3 Å². The summed E-state index contributed by atoms with van der Waals surface area (Å²) >= 11 is 5.95. The lowest BCUT2D eigenvalue weighted by Gasteiger charge is -2.08. The summed E-state index contributed by atoms with van der Waals surface area (Å²) in [4.78, 5) is 8.27. The first-order chi connectivity index (χ1) is 9.33. The van der Waals surface area contributed by atoms with Crippen LogP contribution in [0.1, 0.15) is 5.89 Å². The molecule has 0 atom stereocenters. The van der Waals surface area contributed by atoms with Crippen LogP contribution < -0.4 is 5.32 Å². The van der Waals surface area contributed by atoms with E-state index in [9.17, 15) is 0 Å². The SMILES string of the molecule is Clc1ccc2c(NCCc3ncno3)ccnc2c1. The summed E-state index contributed by atoms with van der Waals surface area (Å²) < 4.78 is 4.94. The maximum absolute atomic E-state index is 5.95. The van der Waals surface area contributed by atoms with Gasteiger partial charge >= 0.3 is 0 Å². The Morgan fingerprint density at radius 1 is 1.21 bits per heavy atom. The van der Waals surface area contributed by atoms with Gasteiger partial charge in [0.15, 0.2) is 6.33 Å². The predicted octanol–water partition coefficient (Wildman–Crippen LogP) is 2.93. The number of nitrogens with one attached hydrogen (secondary N) is 1. The first kappa shape index (κ1) is 11.9. The Kier molecular flexibility index (Phi) is 3.29. The summed E-state index contributed by atoms with van der Waals surface area (Å²) in [5.41, 5.74) is 1.89. The number of halogens is 1. The second-order valence-electron chi connectivity index (χ2n) is 4.03. The highest BCUT2D eigenvalue weighted by Gasteiger charge is 2.03. The van der Waals surface area contributed by atoms with Crippen LogP contribution in [0.2, 0.25) is 5.02 Å². The zero-order chi connectivity index (χ0) is 13.1. The molecule has 2 aromatic heterocycles. The molecule has 0 unspecified atom stereocenters. The molecule has 6 heteroatoms. The number of aromatic nitrogens is 3. The number of hydrogen-bond acceptors (Lipinski definition) is 5. The molecule has 5 nitrogen and oxygen atoms in total. The number of fused-ring (bicyclic) bond motifs is 1. The van der Waals surface area contributed by atoms with Gasteiger partial charge < -0.3 is 9.84 Å². The maximum atomic E-state index is 5.95. The van der Waals surface area contributed by atoms with Crippen molar-refractivity contribution in [2.75, 3.05) is 11.9 Å². The Balaban J connectivity index is 1.77. The lowest BCUT2D eigenvalue weighted by Crippen LogP contribution is -2.05. The molecule has 0 bridgehead atoms. The van der Waals surface area contributed by atoms with Crippen molar-refractivity contribution in [2.45, 2.75) is 6.42 Å². The second-order valence-corrected chi connectivity index (χ2v) is 4.47. The first-order valence-electron chi connectivity index (χ1n) is 5.86. The van der Waals surface area contributed by atoms with Crippen LogP contribution in [0.5, 0.6) is 0 Å². The standard InChI is InChI=1S/C13H11ClN4O/c14-9-1-2-10-11(3-5-16-12(10)7-9)15-6-4-13-17-8-18-19-13/h1-3,5,7-8H,4,6H2,(H,15,16). The number of anilines is 1. The van der Waals surface area contributed by atoms with Crippen molar-refractivity contribution >= 4 is 28.2 Å². The molecule has 0 spiro atoms. The predicted molar refractivity (Wildman–Crippen MR) is 73.2 cm³/mol. The summed E-state index contributed by atoms with van der Waals surface area (Å²) in [5.74, 6) is 0.619. The van der Waals surface area contributed by atoms with Crippen LogP contribution in [0.25, 0.3) is 10.9 Å². The van der Waals surface area contributed by atoms with Crippen LogP contribution in [0.4, 0.5) is 5.69 Å². The summed E-state index contributed by atoms with van der Waals surface area (Å²) in [6, 6.07) is 7.60. The van der Waals surface area contributed by atoms with Crippen LogP contribution in [0, 0.1) is 0 Å². The molecule has 19 heavy (non-hydrogen) atoms. The fraction of sp³-hybridized carbons (Fsp3) is 0.154. The quantitative estimate of drug-likeness (QED) is 0.792. The van der Waals surface area contributed by atoms with Crippen molar-refractivity contribution in [3.8, 4) is 0 Å². The highest BCUT2D eigenvalue weighted by Crippen LogP contribution is 2.24. The molecule has 3 rings (SSSR count). The molecule has 3 aromatic rings. The smallest absolute Gasteiger partial charge is 0.228 e. The van der Waals surface area contributed by atoms with E-state index in [1.807, 2.05) is 24.3 Å². The number of rotatable bonds is 4. The normalized spacial score (nSPS) is 10.8. The Labute approximate surface area is 114 Å². The van der Waals surface area contributed by atoms with Crippen LogP contribution in [-0.4, -0.2) is 21.7 Å². The van der Waals surface area contributed by atoms with E-state index >= 15 is 0 Å². The third-order valence-electron chi connectivity index (χ3n) is 2.77. The van der Waals surface area contributed by atoms with Gasteiger partial charge in [0.05, 0.1) is 5.52 Å². The molecule has 1 N–H and O–H groups in total. The van der Waals surface area contributed by atoms with E-state index < -0.39 is 0 Å². The number of nitrogens with zero attached hydrogens (tertiary/aromatic N) is 3. The largest absolute Gasteiger partial charge is 0.384 e. The second kappa shape index (κ2) is 5.24. The van der Waals surface area contributed by atoms with Gasteiger partial charge in [-0.15, -0.1) is 0 Å². The third-order valence-corrected chi connectivity index (χ3v) is 3.00. The average Bonchev–Trinajstić information content (AvgIpc) is 2.92. The van der Waals surface area contributed by atoms with Gasteiger partial charge in [-0.1, -0.05) is 16.8 Å². The van der Waals surface area contributed by atoms with Crippen LogP contribution in [0.3, 0.4) is 0 Å². The number of pyridine rings is 1. The van der Waals surface area contributed by atoms with Crippen molar-refractivity contribution in [1.29, 1.82) is 0 Å². The molecule has 0 amide bonds. The highest BCUT2D eigenvalue weighted by atomic mass is 35.5. The van der Waals surface area contributed by atoms with Gasteiger partial charge in [0.2, 0.25) is 5.89 Å². The van der Waals surface area contributed by atoms with E-state index in [1.165, 1.54) is 6.33 Å². The van der Waals surface area contributed by atoms with Crippen LogP contribution in [-0.2, 0) is 6.42 Å². The lowest BCUT2D eigenvalue weighted by molar-refractivity contribution is 0.380. The molecule has 0 radical (unpaired) electrons. The van der Waals surface area contributed by atoms with Crippen molar-refractivity contribution in [3.63, 3.8) is 0 Å². The Morgan fingerprint density at radius 2 is 2.16 bits per heavy atom. The van der Waals surface area contributed by atoms with E-state index in [0.717, 1.165) is 16.6 Å². The molecule has 2 heterocycles. The van der Waals surface area contributed by atoms with Gasteiger partial charge in [-0.05, 0) is 24.3 Å². The van der Waals surface area contributed by atoms with Crippen molar-refractivity contribution in [2.24, 2.45) is 0 Å². The Bertz CT molecular complexity index is 684. The van der Waals surface area contributed by atoms with E-state index in [2.05, 4.69) is 20.4 Å². The molecule has 0 saturated heterocycles. The zero-order valence-electron chi connectivity index (χ0n) is 10.0. The van der Waals surface area contributed by atoms with Crippen molar-refractivity contribution in [3.05, 3.63) is 47.7 Å². The topological polar surface area (TPSA) is 63.8 Å². The monoisotopic (exact) mass is 274 g/mol. The summed E-state index contributed by atoms with van der Waals surface area (Å²) in [5, 5.41) is 8.63. The summed E-state index contributed by atoms with van der Waals surface area (Å²) in [6.07, 6.45) is 3.84. The fourth-order valence-electron chi connectivity index (χ4n) is 1.89. The first-order valence-corrected chi connectivity index (χ1v) is 6.24. The molecule has 0 aliphatic rings. The van der Waals surface area contributed by atoms with Crippen molar-refractivity contribution < 1.29 is 4.52 Å². The van der Waals surface area contributed by atoms with Gasteiger partial charge in [-0.3, -0.25) is 4.98 Å². The molecule has 0 aliphatic carbocycles. The molecule has 0 aliphatic heterocycles. The molecule has 96 valence electrons. The van der Waals surface area contributed by atoms with Gasteiger partial charge in [0.25, 0.3) is 0 Å². The Morgan fingerprint density at radius 3 is 3.00 bits per heavy atom. The fourth-order valence-corrected chi connectivity index (χ4v) is 2.05. The van der Waals surface area contributed by atoms with E-state index in [4.69, 9.17) is 16.1 Å².